The lowest BCUT2D eigenvalue weighted by Gasteiger charge is -2.51. The molecule has 2 saturated heterocycles. The van der Waals surface area contributed by atoms with E-state index >= 15 is 0 Å². The minimum Gasteiger partial charge on any atom is -0.352 e. The van der Waals surface area contributed by atoms with E-state index in [9.17, 15) is 23.2 Å². The molecule has 0 bridgehead atoms. The molecule has 0 aliphatic carbocycles. The van der Waals surface area contributed by atoms with Crippen molar-refractivity contribution < 1.29 is 23.2 Å². The minimum atomic E-state index is -2.73. The quantitative estimate of drug-likeness (QED) is 0.779. The van der Waals surface area contributed by atoms with Crippen molar-refractivity contribution in [2.45, 2.75) is 25.2 Å². The van der Waals surface area contributed by atoms with Crippen LogP contribution < -0.4 is 11.1 Å². The number of urea groups is 1. The van der Waals surface area contributed by atoms with Crippen LogP contribution in [0.15, 0.2) is 30.3 Å². The smallest absolute Gasteiger partial charge is 0.312 e. The average Bonchev–Trinajstić information content (AvgIpc) is 2.62. The fourth-order valence-corrected chi connectivity index (χ4v) is 3.82. The minimum absolute atomic E-state index is 0.0134. The lowest BCUT2D eigenvalue weighted by atomic mass is 9.73. The van der Waals surface area contributed by atoms with E-state index in [1.54, 1.807) is 0 Å². The molecule has 2 heterocycles. The lowest BCUT2D eigenvalue weighted by molar-refractivity contribution is -0.164. The van der Waals surface area contributed by atoms with Crippen molar-refractivity contribution in [2.75, 3.05) is 32.7 Å². The van der Waals surface area contributed by atoms with Crippen molar-refractivity contribution in [1.82, 2.24) is 15.1 Å². The molecular formula is C19H24F2N4O3. The highest BCUT2D eigenvalue weighted by molar-refractivity contribution is 5.89. The first kappa shape index (κ1) is 20.0. The fraction of sp³-hybridized carbons (Fsp3) is 0.526. The summed E-state index contributed by atoms with van der Waals surface area (Å²) in [5.41, 5.74) is 5.09. The lowest BCUT2D eigenvalue weighted by Crippen LogP contribution is -2.67. The summed E-state index contributed by atoms with van der Waals surface area (Å²) in [7, 11) is 0. The normalized spacial score (nSPS) is 20.2. The van der Waals surface area contributed by atoms with E-state index in [2.05, 4.69) is 5.32 Å². The van der Waals surface area contributed by atoms with Crippen molar-refractivity contribution in [2.24, 2.45) is 11.1 Å². The highest BCUT2D eigenvalue weighted by atomic mass is 19.3. The van der Waals surface area contributed by atoms with Crippen LogP contribution in [0.25, 0.3) is 0 Å². The number of hydrogen-bond acceptors (Lipinski definition) is 3. The number of alkyl halides is 2. The number of halogens is 2. The summed E-state index contributed by atoms with van der Waals surface area (Å²) in [5, 5.41) is 2.24. The molecule has 1 aromatic carbocycles. The Morgan fingerprint density at radius 1 is 1.04 bits per heavy atom. The largest absolute Gasteiger partial charge is 0.352 e. The molecule has 1 aromatic rings. The second-order valence-corrected chi connectivity index (χ2v) is 7.56. The summed E-state index contributed by atoms with van der Waals surface area (Å²) in [6.45, 7) is 0.166. The molecule has 0 spiro atoms. The van der Waals surface area contributed by atoms with Crippen molar-refractivity contribution in [3.8, 4) is 0 Å². The second-order valence-electron chi connectivity index (χ2n) is 7.56. The third-order valence-corrected chi connectivity index (χ3v) is 5.37. The van der Waals surface area contributed by atoms with Gasteiger partial charge in [-0.25, -0.2) is 13.6 Å². The van der Waals surface area contributed by atoms with Crippen LogP contribution in [-0.2, 0) is 16.0 Å². The Kier molecular flexibility index (Phi) is 5.53. The topological polar surface area (TPSA) is 95.7 Å². The molecule has 0 saturated carbocycles. The first-order valence-electron chi connectivity index (χ1n) is 9.23. The summed E-state index contributed by atoms with van der Waals surface area (Å²) < 4.78 is 26.9. The van der Waals surface area contributed by atoms with E-state index < -0.39 is 17.4 Å². The molecule has 2 aliphatic heterocycles. The molecule has 4 amide bonds. The van der Waals surface area contributed by atoms with Gasteiger partial charge in [0.15, 0.2) is 0 Å². The van der Waals surface area contributed by atoms with Gasteiger partial charge in [0.25, 0.3) is 5.92 Å². The van der Waals surface area contributed by atoms with Crippen LogP contribution in [0.5, 0.6) is 0 Å². The Labute approximate surface area is 161 Å². The molecule has 2 aliphatic rings. The Morgan fingerprint density at radius 2 is 1.64 bits per heavy atom. The Hall–Kier alpha value is -2.71. The van der Waals surface area contributed by atoms with Gasteiger partial charge in [-0.1, -0.05) is 30.3 Å². The van der Waals surface area contributed by atoms with Crippen LogP contribution in [-0.4, -0.2) is 66.3 Å². The van der Waals surface area contributed by atoms with Gasteiger partial charge in [0.05, 0.1) is 12.0 Å². The standard InChI is InChI=1S/C19H24F2N4O3/c20-19(21)6-8-24(9-7-19)16(27)18(10-14-4-2-1-3-5-14)12-25(13-18)15(26)11-23-17(22)28/h1-5H,6-13H2,(H3,22,23,28). The maximum Gasteiger partial charge on any atom is 0.312 e. The fourth-order valence-electron chi connectivity index (χ4n) is 3.82. The van der Waals surface area contributed by atoms with E-state index in [4.69, 9.17) is 5.73 Å². The maximum absolute atomic E-state index is 13.5. The number of hydrogen-bond donors (Lipinski definition) is 2. The number of rotatable bonds is 5. The molecule has 3 N–H and O–H groups in total. The number of nitrogens with two attached hydrogens (primary N) is 1. The number of primary amides is 1. The van der Waals surface area contributed by atoms with Crippen LogP contribution in [0, 0.1) is 5.41 Å². The molecule has 28 heavy (non-hydrogen) atoms. The molecule has 9 heteroatoms. The Balaban J connectivity index is 1.71. The Bertz CT molecular complexity index is 741. The van der Waals surface area contributed by atoms with Gasteiger partial charge < -0.3 is 20.9 Å². The van der Waals surface area contributed by atoms with Gasteiger partial charge in [-0.15, -0.1) is 0 Å². The number of benzene rings is 1. The van der Waals surface area contributed by atoms with Crippen LogP contribution in [0.3, 0.4) is 0 Å². The molecule has 0 radical (unpaired) electrons. The number of piperidine rings is 1. The summed E-state index contributed by atoms with van der Waals surface area (Å²) >= 11 is 0. The van der Waals surface area contributed by atoms with Crippen molar-refractivity contribution in [1.29, 1.82) is 0 Å². The molecule has 0 unspecified atom stereocenters. The van der Waals surface area contributed by atoms with Gasteiger partial charge in [0, 0.05) is 39.0 Å². The number of likely N-dealkylation sites (tertiary alicyclic amines) is 2. The van der Waals surface area contributed by atoms with Gasteiger partial charge in [0.2, 0.25) is 11.8 Å². The summed E-state index contributed by atoms with van der Waals surface area (Å²) in [6, 6.07) is 8.61. The number of carbonyl (C=O) groups is 3. The third kappa shape index (κ3) is 4.40. The molecule has 0 aromatic heterocycles. The molecule has 2 fully saturated rings. The number of nitrogens with one attached hydrogen (secondary N) is 1. The van der Waals surface area contributed by atoms with Crippen LogP contribution in [0.4, 0.5) is 13.6 Å². The maximum atomic E-state index is 13.5. The van der Waals surface area contributed by atoms with Crippen molar-refractivity contribution >= 4 is 17.8 Å². The third-order valence-electron chi connectivity index (χ3n) is 5.37. The first-order chi connectivity index (χ1) is 13.2. The first-order valence-corrected chi connectivity index (χ1v) is 9.23. The molecule has 0 atom stereocenters. The van der Waals surface area contributed by atoms with E-state index in [-0.39, 0.29) is 57.4 Å². The van der Waals surface area contributed by atoms with E-state index in [1.807, 2.05) is 30.3 Å². The zero-order valence-electron chi connectivity index (χ0n) is 15.5. The predicted octanol–water partition coefficient (Wildman–Crippen LogP) is 0.984. The van der Waals surface area contributed by atoms with Gasteiger partial charge >= 0.3 is 6.03 Å². The van der Waals surface area contributed by atoms with Crippen LogP contribution in [0.2, 0.25) is 0 Å². The van der Waals surface area contributed by atoms with E-state index in [0.29, 0.717) is 6.42 Å². The van der Waals surface area contributed by atoms with Crippen molar-refractivity contribution in [3.05, 3.63) is 35.9 Å². The average molecular weight is 394 g/mol. The van der Waals surface area contributed by atoms with Crippen molar-refractivity contribution in [3.63, 3.8) is 0 Å². The van der Waals surface area contributed by atoms with Gasteiger partial charge in [-0.05, 0) is 12.0 Å². The number of amides is 4. The van der Waals surface area contributed by atoms with Gasteiger partial charge in [0.1, 0.15) is 0 Å². The molecule has 3 rings (SSSR count). The van der Waals surface area contributed by atoms with Gasteiger partial charge in [-0.2, -0.15) is 0 Å². The Morgan fingerprint density at radius 3 is 2.21 bits per heavy atom. The zero-order valence-corrected chi connectivity index (χ0v) is 15.5. The van der Waals surface area contributed by atoms with E-state index in [0.717, 1.165) is 5.56 Å². The summed E-state index contributed by atoms with van der Waals surface area (Å²) in [5.74, 6) is -3.26. The van der Waals surface area contributed by atoms with E-state index in [1.165, 1.54) is 9.80 Å². The molecule has 7 nitrogen and oxygen atoms in total. The second kappa shape index (κ2) is 7.73. The summed E-state index contributed by atoms with van der Waals surface area (Å²) in [4.78, 5) is 39.1. The monoisotopic (exact) mass is 394 g/mol. The number of nitrogens with zero attached hydrogens (tertiary/aromatic N) is 2. The van der Waals surface area contributed by atoms with Crippen LogP contribution in [0.1, 0.15) is 18.4 Å². The van der Waals surface area contributed by atoms with Crippen LogP contribution >= 0.6 is 0 Å². The van der Waals surface area contributed by atoms with Gasteiger partial charge in [-0.3, -0.25) is 9.59 Å². The molecule has 152 valence electrons. The zero-order chi connectivity index (χ0) is 20.4. The highest BCUT2D eigenvalue weighted by Gasteiger charge is 2.53. The number of carbonyl (C=O) groups excluding carboxylic acids is 3. The summed E-state index contributed by atoms with van der Waals surface area (Å²) in [6.07, 6.45) is -0.261. The predicted molar refractivity (Wildman–Crippen MR) is 97.5 cm³/mol. The SMILES string of the molecule is NC(=O)NCC(=O)N1CC(Cc2ccccc2)(C(=O)N2CCC(F)(F)CC2)C1. The highest BCUT2D eigenvalue weighted by Crippen LogP contribution is 2.38. The molecular weight excluding hydrogens is 370 g/mol.